The molecule has 3 N–H and O–H groups in total. The summed E-state index contributed by atoms with van der Waals surface area (Å²) >= 11 is 5.98. The molecule has 0 aromatic heterocycles. The minimum atomic E-state index is -1.82. The molecule has 1 unspecified atom stereocenters. The van der Waals surface area contributed by atoms with Crippen molar-refractivity contribution in [3.8, 4) is 0 Å². The molecular weight excluding hydrogens is 473 g/mol. The Kier molecular flexibility index (Phi) is 5.07. The number of fused-ring (bicyclic) bond motifs is 3. The number of allylic oxidation sites excluding steroid dienone is 1. The van der Waals surface area contributed by atoms with Crippen molar-refractivity contribution in [2.24, 2.45) is 11.1 Å². The average Bonchev–Trinajstić information content (AvgIpc) is 3.06. The van der Waals surface area contributed by atoms with E-state index in [-0.39, 0.29) is 39.9 Å². The Morgan fingerprint density at radius 1 is 1.17 bits per heavy atom. The fourth-order valence-corrected chi connectivity index (χ4v) is 5.69. The molecule has 2 heterocycles. The Hall–Kier alpha value is -3.65. The first-order valence-electron chi connectivity index (χ1n) is 11.0. The molecule has 9 heteroatoms. The lowest BCUT2D eigenvalue weighted by molar-refractivity contribution is -0.138. The monoisotopic (exact) mass is 495 g/mol. The van der Waals surface area contributed by atoms with Crippen molar-refractivity contribution in [1.29, 1.82) is 0 Å². The van der Waals surface area contributed by atoms with Crippen LogP contribution in [-0.2, 0) is 24.5 Å². The molecule has 0 saturated carbocycles. The van der Waals surface area contributed by atoms with Gasteiger partial charge in [-0.15, -0.1) is 0 Å². The van der Waals surface area contributed by atoms with Crippen LogP contribution < -0.4 is 16.0 Å². The molecule has 35 heavy (non-hydrogen) atoms. The van der Waals surface area contributed by atoms with E-state index in [1.54, 1.807) is 24.3 Å². The number of anilines is 2. The van der Waals surface area contributed by atoms with Crippen LogP contribution in [0.2, 0.25) is 5.02 Å². The van der Waals surface area contributed by atoms with Crippen LogP contribution in [0.5, 0.6) is 0 Å². The van der Waals surface area contributed by atoms with Crippen molar-refractivity contribution in [3.63, 3.8) is 0 Å². The summed E-state index contributed by atoms with van der Waals surface area (Å²) in [5.41, 5.74) is 5.43. The minimum absolute atomic E-state index is 0.00726. The molecule has 2 aliphatic heterocycles. The van der Waals surface area contributed by atoms with E-state index < -0.39 is 28.5 Å². The summed E-state index contributed by atoms with van der Waals surface area (Å²) < 4.78 is 20.3. The van der Waals surface area contributed by atoms with Crippen molar-refractivity contribution in [2.75, 3.05) is 17.3 Å². The van der Waals surface area contributed by atoms with E-state index in [4.69, 9.17) is 22.1 Å². The van der Waals surface area contributed by atoms with Gasteiger partial charge in [-0.2, -0.15) is 0 Å². The van der Waals surface area contributed by atoms with E-state index in [1.807, 2.05) is 13.8 Å². The fraction of sp³-hybridized carbons (Fsp3) is 0.269. The number of hydrogen-bond donors (Lipinski definition) is 2. The number of ketones is 1. The van der Waals surface area contributed by atoms with Crippen LogP contribution in [0.15, 0.2) is 65.1 Å². The van der Waals surface area contributed by atoms with Gasteiger partial charge in [0.2, 0.25) is 5.91 Å². The lowest BCUT2D eigenvalue weighted by atomic mass is 9.60. The second-order valence-corrected chi connectivity index (χ2v) is 10.1. The SMILES string of the molecule is COC(=O)C1=C(N)N(c2ccc(Cl)cc2F)C2=C(C(=O)CC(C)(C)C2)C12C(=O)Nc1ccccc12. The van der Waals surface area contributed by atoms with Gasteiger partial charge < -0.3 is 15.8 Å². The summed E-state index contributed by atoms with van der Waals surface area (Å²) in [6.45, 7) is 3.83. The largest absolute Gasteiger partial charge is 0.466 e. The van der Waals surface area contributed by atoms with Crippen molar-refractivity contribution in [3.05, 3.63) is 81.5 Å². The number of methoxy groups -OCH3 is 1. The zero-order valence-corrected chi connectivity index (χ0v) is 20.1. The van der Waals surface area contributed by atoms with E-state index >= 15 is 4.39 Å². The molecule has 0 bridgehead atoms. The lowest BCUT2D eigenvalue weighted by Crippen LogP contribution is -2.54. The molecule has 1 aliphatic carbocycles. The highest BCUT2D eigenvalue weighted by Gasteiger charge is 2.63. The number of nitrogens with one attached hydrogen (secondary N) is 1. The molecule has 1 atom stereocenters. The number of nitrogens with zero attached hydrogens (tertiary/aromatic N) is 1. The van der Waals surface area contributed by atoms with E-state index in [0.29, 0.717) is 23.4 Å². The van der Waals surface area contributed by atoms with E-state index in [0.717, 1.165) is 13.2 Å². The normalized spacial score (nSPS) is 22.8. The van der Waals surface area contributed by atoms with Crippen LogP contribution in [0, 0.1) is 11.2 Å². The molecule has 1 spiro atoms. The second kappa shape index (κ2) is 7.68. The van der Waals surface area contributed by atoms with Crippen LogP contribution in [0.4, 0.5) is 15.8 Å². The van der Waals surface area contributed by atoms with Gasteiger partial charge in [-0.1, -0.05) is 43.6 Å². The Bertz CT molecular complexity index is 1400. The van der Waals surface area contributed by atoms with E-state index in [1.165, 1.54) is 17.0 Å². The maximum atomic E-state index is 15.2. The van der Waals surface area contributed by atoms with Crippen molar-refractivity contribution in [2.45, 2.75) is 32.1 Å². The zero-order chi connectivity index (χ0) is 25.3. The number of esters is 1. The number of Topliss-reactive ketones (excluding diaryl/α,β-unsaturated/α-hetero) is 1. The number of hydrogen-bond acceptors (Lipinski definition) is 6. The standard InChI is InChI=1S/C26H23ClFN3O4/c1-25(2)11-18-20(19(32)12-25)26(14-6-4-5-7-16(14)30-24(26)34)21(23(33)35-3)22(29)31(18)17-9-8-13(27)10-15(17)28/h4-10H,11-12,29H2,1-3H3,(H,30,34). The minimum Gasteiger partial charge on any atom is -0.466 e. The number of rotatable bonds is 2. The molecule has 180 valence electrons. The van der Waals surface area contributed by atoms with Gasteiger partial charge in [-0.25, -0.2) is 9.18 Å². The first-order chi connectivity index (χ1) is 16.5. The molecule has 7 nitrogen and oxygen atoms in total. The molecule has 2 aromatic carbocycles. The van der Waals surface area contributed by atoms with Gasteiger partial charge in [0.05, 0.1) is 12.8 Å². The highest BCUT2D eigenvalue weighted by molar-refractivity contribution is 6.30. The molecule has 0 saturated heterocycles. The highest BCUT2D eigenvalue weighted by atomic mass is 35.5. The molecule has 0 fully saturated rings. The Labute approximate surface area is 206 Å². The van der Waals surface area contributed by atoms with Crippen LogP contribution in [0.1, 0.15) is 32.3 Å². The maximum Gasteiger partial charge on any atom is 0.339 e. The van der Waals surface area contributed by atoms with Gasteiger partial charge in [0.15, 0.2) is 5.78 Å². The molecule has 0 radical (unpaired) electrons. The second-order valence-electron chi connectivity index (χ2n) is 9.70. The summed E-state index contributed by atoms with van der Waals surface area (Å²) in [5.74, 6) is -2.68. The lowest BCUT2D eigenvalue weighted by Gasteiger charge is -2.47. The number of benzene rings is 2. The Morgan fingerprint density at radius 2 is 1.89 bits per heavy atom. The summed E-state index contributed by atoms with van der Waals surface area (Å²) in [7, 11) is 1.16. The van der Waals surface area contributed by atoms with Crippen LogP contribution in [0.3, 0.4) is 0 Å². The van der Waals surface area contributed by atoms with Crippen molar-refractivity contribution < 1.29 is 23.5 Å². The number of carbonyl (C=O) groups is 3. The Morgan fingerprint density at radius 3 is 2.57 bits per heavy atom. The quantitative estimate of drug-likeness (QED) is 0.606. The topological polar surface area (TPSA) is 102 Å². The van der Waals surface area contributed by atoms with Crippen LogP contribution >= 0.6 is 11.6 Å². The average molecular weight is 496 g/mol. The first kappa shape index (κ1) is 23.1. The van der Waals surface area contributed by atoms with Gasteiger partial charge in [-0.3, -0.25) is 14.5 Å². The van der Waals surface area contributed by atoms with Gasteiger partial charge in [0.25, 0.3) is 0 Å². The first-order valence-corrected chi connectivity index (χ1v) is 11.4. The number of para-hydroxylation sites is 1. The maximum absolute atomic E-state index is 15.2. The molecule has 5 rings (SSSR count). The molecular formula is C26H23ClFN3O4. The zero-order valence-electron chi connectivity index (χ0n) is 19.4. The number of ether oxygens (including phenoxy) is 1. The number of carbonyl (C=O) groups excluding carboxylic acids is 3. The van der Waals surface area contributed by atoms with Gasteiger partial charge in [0, 0.05) is 34.0 Å². The van der Waals surface area contributed by atoms with Crippen molar-refractivity contribution in [1.82, 2.24) is 0 Å². The number of halogens is 2. The molecule has 3 aliphatic rings. The predicted molar refractivity (Wildman–Crippen MR) is 129 cm³/mol. The van der Waals surface area contributed by atoms with Gasteiger partial charge >= 0.3 is 5.97 Å². The van der Waals surface area contributed by atoms with Gasteiger partial charge in [-0.05, 0) is 36.1 Å². The van der Waals surface area contributed by atoms with E-state index in [9.17, 15) is 14.4 Å². The van der Waals surface area contributed by atoms with Crippen LogP contribution in [-0.4, -0.2) is 24.8 Å². The number of amides is 1. The highest BCUT2D eigenvalue weighted by Crippen LogP contribution is 2.57. The molecule has 1 amide bonds. The third-order valence-corrected chi connectivity index (χ3v) is 7.06. The Balaban J connectivity index is 1.94. The fourth-order valence-electron chi connectivity index (χ4n) is 5.53. The summed E-state index contributed by atoms with van der Waals surface area (Å²) in [6, 6.07) is 10.9. The van der Waals surface area contributed by atoms with Crippen molar-refractivity contribution >= 4 is 40.6 Å². The van der Waals surface area contributed by atoms with E-state index in [2.05, 4.69) is 5.32 Å². The summed E-state index contributed by atoms with van der Waals surface area (Å²) in [4.78, 5) is 42.3. The predicted octanol–water partition coefficient (Wildman–Crippen LogP) is 4.18. The smallest absolute Gasteiger partial charge is 0.339 e. The number of nitrogens with two attached hydrogens (primary N) is 1. The van der Waals surface area contributed by atoms with Gasteiger partial charge in [0.1, 0.15) is 22.6 Å². The third kappa shape index (κ3) is 3.13. The molecule has 2 aromatic rings. The summed E-state index contributed by atoms with van der Waals surface area (Å²) in [6.07, 6.45) is 0.441. The van der Waals surface area contributed by atoms with Crippen LogP contribution in [0.25, 0.3) is 0 Å². The third-order valence-electron chi connectivity index (χ3n) is 6.83. The summed E-state index contributed by atoms with van der Waals surface area (Å²) in [5, 5.41) is 2.98.